The number of nitrogens with zero attached hydrogens (tertiary/aromatic N) is 2. The number of aromatic amines is 1. The lowest BCUT2D eigenvalue weighted by molar-refractivity contribution is 0.102. The summed E-state index contributed by atoms with van der Waals surface area (Å²) in [5.74, 6) is -0.535. The van der Waals surface area contributed by atoms with E-state index < -0.39 is 15.9 Å². The number of hydrogen-bond acceptors (Lipinski definition) is 5. The fraction of sp³-hybridized carbons (Fsp3) is 0.286. The SMILES string of the molecule is Cc1ccc(NC(=O)c2n[nH]c(=O)c3ccccc23)cc1S(=O)(=O)N1CCCCC1. The fourth-order valence-electron chi connectivity index (χ4n) is 3.68. The quantitative estimate of drug-likeness (QED) is 0.666. The van der Waals surface area contributed by atoms with E-state index in [1.807, 2.05) is 0 Å². The highest BCUT2D eigenvalue weighted by Crippen LogP contribution is 2.26. The number of H-pyrrole nitrogens is 1. The Hall–Kier alpha value is -3.04. The maximum Gasteiger partial charge on any atom is 0.276 e. The Morgan fingerprint density at radius 1 is 1.07 bits per heavy atom. The molecule has 1 aliphatic heterocycles. The summed E-state index contributed by atoms with van der Waals surface area (Å²) in [7, 11) is -3.64. The van der Waals surface area contributed by atoms with Gasteiger partial charge in [0.25, 0.3) is 11.5 Å². The van der Waals surface area contributed by atoms with E-state index in [0.717, 1.165) is 19.3 Å². The number of carbonyl (C=O) groups is 1. The third kappa shape index (κ3) is 3.73. The summed E-state index contributed by atoms with van der Waals surface area (Å²) in [5.41, 5.74) is 0.642. The molecule has 9 heteroatoms. The molecule has 1 fully saturated rings. The molecular formula is C21H22N4O4S. The van der Waals surface area contributed by atoms with Crippen LogP contribution in [-0.4, -0.2) is 41.9 Å². The number of hydrogen-bond donors (Lipinski definition) is 2. The first-order valence-electron chi connectivity index (χ1n) is 9.77. The molecular weight excluding hydrogens is 404 g/mol. The zero-order valence-corrected chi connectivity index (χ0v) is 17.3. The first-order chi connectivity index (χ1) is 14.4. The number of sulfonamides is 1. The fourth-order valence-corrected chi connectivity index (χ4v) is 5.45. The molecule has 1 aromatic heterocycles. The van der Waals surface area contributed by atoms with Crippen molar-refractivity contribution in [3.63, 3.8) is 0 Å². The molecule has 0 radical (unpaired) electrons. The lowest BCUT2D eigenvalue weighted by Crippen LogP contribution is -2.36. The molecule has 30 heavy (non-hydrogen) atoms. The van der Waals surface area contributed by atoms with Crippen LogP contribution >= 0.6 is 0 Å². The number of aromatic nitrogens is 2. The standard InChI is InChI=1S/C21H22N4O4S/c1-14-9-10-15(13-18(14)30(28,29)25-11-5-2-6-12-25)22-21(27)19-16-7-3-4-8-17(16)20(26)24-23-19/h3-4,7-10,13H,2,5-6,11-12H2,1H3,(H,22,27)(H,24,26). The number of carbonyl (C=O) groups excluding carboxylic acids is 1. The van der Waals surface area contributed by atoms with Gasteiger partial charge in [-0.05, 0) is 43.5 Å². The van der Waals surface area contributed by atoms with E-state index in [4.69, 9.17) is 0 Å². The molecule has 0 aliphatic carbocycles. The van der Waals surface area contributed by atoms with Gasteiger partial charge in [-0.15, -0.1) is 0 Å². The Morgan fingerprint density at radius 3 is 2.50 bits per heavy atom. The van der Waals surface area contributed by atoms with E-state index in [1.165, 1.54) is 10.4 Å². The summed E-state index contributed by atoms with van der Waals surface area (Å²) in [6.07, 6.45) is 2.72. The number of fused-ring (bicyclic) bond motifs is 1. The van der Waals surface area contributed by atoms with Crippen molar-refractivity contribution < 1.29 is 13.2 Å². The van der Waals surface area contributed by atoms with Gasteiger partial charge in [-0.25, -0.2) is 13.5 Å². The summed E-state index contributed by atoms with van der Waals surface area (Å²) in [4.78, 5) is 24.9. The van der Waals surface area contributed by atoms with Gasteiger partial charge >= 0.3 is 0 Å². The minimum atomic E-state index is -3.64. The summed E-state index contributed by atoms with van der Waals surface area (Å²) in [6.45, 7) is 2.75. The van der Waals surface area contributed by atoms with Crippen molar-refractivity contribution >= 4 is 32.4 Å². The maximum absolute atomic E-state index is 13.1. The van der Waals surface area contributed by atoms with Crippen LogP contribution in [0.15, 0.2) is 52.2 Å². The molecule has 0 saturated carbocycles. The average Bonchev–Trinajstić information content (AvgIpc) is 2.76. The Kier molecular flexibility index (Phi) is 5.40. The molecule has 2 heterocycles. The lowest BCUT2D eigenvalue weighted by Gasteiger charge is -2.26. The predicted octanol–water partition coefficient (Wildman–Crippen LogP) is 2.66. The Balaban J connectivity index is 1.67. The van der Waals surface area contributed by atoms with Gasteiger partial charge in [0, 0.05) is 24.2 Å². The van der Waals surface area contributed by atoms with Crippen molar-refractivity contribution in [2.45, 2.75) is 31.1 Å². The summed E-state index contributed by atoms with van der Waals surface area (Å²) < 4.78 is 27.7. The maximum atomic E-state index is 13.1. The van der Waals surface area contributed by atoms with E-state index in [-0.39, 0.29) is 16.1 Å². The van der Waals surface area contributed by atoms with E-state index >= 15 is 0 Å². The average molecular weight is 426 g/mol. The third-order valence-electron chi connectivity index (χ3n) is 5.29. The van der Waals surface area contributed by atoms with Crippen molar-refractivity contribution in [2.24, 2.45) is 0 Å². The van der Waals surface area contributed by atoms with Crippen molar-refractivity contribution in [3.05, 3.63) is 64.1 Å². The number of rotatable bonds is 4. The highest BCUT2D eigenvalue weighted by Gasteiger charge is 2.27. The first kappa shape index (κ1) is 20.2. The van der Waals surface area contributed by atoms with Crippen LogP contribution in [0, 0.1) is 6.92 Å². The Labute approximate surface area is 174 Å². The molecule has 0 atom stereocenters. The van der Waals surface area contributed by atoms with Crippen LogP contribution in [0.4, 0.5) is 5.69 Å². The van der Waals surface area contributed by atoms with E-state index in [1.54, 1.807) is 43.3 Å². The van der Waals surface area contributed by atoms with Gasteiger partial charge in [-0.2, -0.15) is 9.40 Å². The summed E-state index contributed by atoms with van der Waals surface area (Å²) in [6, 6.07) is 11.5. The van der Waals surface area contributed by atoms with Gasteiger partial charge in [0.15, 0.2) is 5.69 Å². The molecule has 156 valence electrons. The van der Waals surface area contributed by atoms with Crippen molar-refractivity contribution in [3.8, 4) is 0 Å². The second-order valence-electron chi connectivity index (χ2n) is 7.35. The van der Waals surface area contributed by atoms with Crippen LogP contribution in [-0.2, 0) is 10.0 Å². The van der Waals surface area contributed by atoms with Crippen LogP contribution in [0.1, 0.15) is 35.3 Å². The molecule has 0 bridgehead atoms. The van der Waals surface area contributed by atoms with Gasteiger partial charge < -0.3 is 5.32 Å². The number of aryl methyl sites for hydroxylation is 1. The highest BCUT2D eigenvalue weighted by atomic mass is 32.2. The molecule has 0 spiro atoms. The lowest BCUT2D eigenvalue weighted by atomic mass is 10.1. The second kappa shape index (κ2) is 8.00. The zero-order valence-electron chi connectivity index (χ0n) is 16.5. The van der Waals surface area contributed by atoms with E-state index in [0.29, 0.717) is 35.1 Å². The van der Waals surface area contributed by atoms with Gasteiger partial charge in [-0.1, -0.05) is 30.7 Å². The summed E-state index contributed by atoms with van der Waals surface area (Å²) >= 11 is 0. The first-order valence-corrected chi connectivity index (χ1v) is 11.2. The molecule has 2 aromatic carbocycles. The van der Waals surface area contributed by atoms with Crippen molar-refractivity contribution in [1.82, 2.24) is 14.5 Å². The molecule has 1 amide bonds. The minimum absolute atomic E-state index is 0.0613. The van der Waals surface area contributed by atoms with Crippen LogP contribution < -0.4 is 10.9 Å². The monoisotopic (exact) mass is 426 g/mol. The minimum Gasteiger partial charge on any atom is -0.321 e. The molecule has 3 aromatic rings. The predicted molar refractivity (Wildman–Crippen MR) is 114 cm³/mol. The van der Waals surface area contributed by atoms with Crippen LogP contribution in [0.25, 0.3) is 10.8 Å². The van der Waals surface area contributed by atoms with E-state index in [9.17, 15) is 18.0 Å². The number of piperidine rings is 1. The molecule has 2 N–H and O–H groups in total. The Bertz CT molecular complexity index is 1280. The van der Waals surface area contributed by atoms with Gasteiger partial charge in [0.1, 0.15) is 0 Å². The molecule has 1 saturated heterocycles. The summed E-state index contributed by atoms with van der Waals surface area (Å²) in [5, 5.41) is 9.70. The molecule has 8 nitrogen and oxygen atoms in total. The Morgan fingerprint density at radius 2 is 1.77 bits per heavy atom. The largest absolute Gasteiger partial charge is 0.321 e. The second-order valence-corrected chi connectivity index (χ2v) is 9.25. The van der Waals surface area contributed by atoms with Crippen molar-refractivity contribution in [1.29, 1.82) is 0 Å². The van der Waals surface area contributed by atoms with Crippen LogP contribution in [0.5, 0.6) is 0 Å². The van der Waals surface area contributed by atoms with E-state index in [2.05, 4.69) is 15.5 Å². The molecule has 1 aliphatic rings. The van der Waals surface area contributed by atoms with Gasteiger partial charge in [0.05, 0.1) is 10.3 Å². The number of anilines is 1. The number of benzene rings is 2. The number of amides is 1. The van der Waals surface area contributed by atoms with Crippen molar-refractivity contribution in [2.75, 3.05) is 18.4 Å². The zero-order chi connectivity index (χ0) is 21.3. The van der Waals surface area contributed by atoms with Gasteiger partial charge in [0.2, 0.25) is 10.0 Å². The number of nitrogens with one attached hydrogen (secondary N) is 2. The highest BCUT2D eigenvalue weighted by molar-refractivity contribution is 7.89. The topological polar surface area (TPSA) is 112 Å². The normalized spacial score (nSPS) is 15.2. The molecule has 4 rings (SSSR count). The smallest absolute Gasteiger partial charge is 0.276 e. The van der Waals surface area contributed by atoms with Gasteiger partial charge in [-0.3, -0.25) is 9.59 Å². The third-order valence-corrected chi connectivity index (χ3v) is 7.33. The van der Waals surface area contributed by atoms with Crippen LogP contribution in [0.3, 0.4) is 0 Å². The van der Waals surface area contributed by atoms with Crippen LogP contribution in [0.2, 0.25) is 0 Å². The molecule has 0 unspecified atom stereocenters.